The molecule has 2 saturated heterocycles. The van der Waals surface area contributed by atoms with Crippen LogP contribution in [-0.2, 0) is 23.8 Å². The van der Waals surface area contributed by atoms with Crippen LogP contribution in [0.4, 0.5) is 0 Å². The normalized spacial score (nSPS) is 31.4. The van der Waals surface area contributed by atoms with E-state index in [-0.39, 0.29) is 18.1 Å². The molecule has 0 radical (unpaired) electrons. The molecule has 2 rings (SSSR count). The zero-order valence-electron chi connectivity index (χ0n) is 11.5. The van der Waals surface area contributed by atoms with Gasteiger partial charge in [0.2, 0.25) is 5.91 Å². The van der Waals surface area contributed by atoms with Gasteiger partial charge in [0.1, 0.15) is 0 Å². The molecule has 20 heavy (non-hydrogen) atoms. The van der Waals surface area contributed by atoms with E-state index in [1.807, 2.05) is 0 Å². The van der Waals surface area contributed by atoms with Gasteiger partial charge in [0, 0.05) is 13.7 Å². The van der Waals surface area contributed by atoms with E-state index in [4.69, 9.17) is 14.2 Å². The minimum absolute atomic E-state index is 0.250. The lowest BCUT2D eigenvalue weighted by Gasteiger charge is -2.23. The molecule has 7 nitrogen and oxygen atoms in total. The summed E-state index contributed by atoms with van der Waals surface area (Å²) in [4.78, 5) is 23.4. The van der Waals surface area contributed by atoms with Crippen LogP contribution in [-0.4, -0.2) is 62.7 Å². The molecule has 2 heterocycles. The summed E-state index contributed by atoms with van der Waals surface area (Å²) in [6.07, 6.45) is 0.921. The first-order chi connectivity index (χ1) is 9.65. The van der Waals surface area contributed by atoms with Gasteiger partial charge in [-0.25, -0.2) is 0 Å². The summed E-state index contributed by atoms with van der Waals surface area (Å²) in [5, 5.41) is 11.9. The van der Waals surface area contributed by atoms with Crippen molar-refractivity contribution in [1.82, 2.24) is 5.32 Å². The maximum absolute atomic E-state index is 12.1. The zero-order valence-corrected chi connectivity index (χ0v) is 11.5. The Hall–Kier alpha value is -1.18. The van der Waals surface area contributed by atoms with Crippen LogP contribution < -0.4 is 5.32 Å². The fraction of sp³-hybridized carbons (Fsp3) is 0.846. The number of hydrogen-bond acceptors (Lipinski definition) is 5. The molecule has 2 fully saturated rings. The van der Waals surface area contributed by atoms with E-state index in [0.29, 0.717) is 26.4 Å². The average Bonchev–Trinajstić information content (AvgIpc) is 3.02. The molecule has 0 aliphatic carbocycles. The van der Waals surface area contributed by atoms with Gasteiger partial charge in [-0.15, -0.1) is 0 Å². The van der Waals surface area contributed by atoms with Crippen LogP contribution in [0.25, 0.3) is 0 Å². The van der Waals surface area contributed by atoms with E-state index in [1.54, 1.807) is 7.11 Å². The van der Waals surface area contributed by atoms with Gasteiger partial charge < -0.3 is 24.6 Å². The highest BCUT2D eigenvalue weighted by atomic mass is 16.5. The number of carboxylic acids is 1. The van der Waals surface area contributed by atoms with Crippen molar-refractivity contribution in [3.8, 4) is 0 Å². The van der Waals surface area contributed by atoms with Gasteiger partial charge in [-0.2, -0.15) is 0 Å². The highest BCUT2D eigenvalue weighted by Gasteiger charge is 2.55. The molecule has 2 aliphatic rings. The molecule has 4 atom stereocenters. The molecular weight excluding hydrogens is 266 g/mol. The van der Waals surface area contributed by atoms with Crippen LogP contribution >= 0.6 is 0 Å². The molecule has 0 spiro atoms. The summed E-state index contributed by atoms with van der Waals surface area (Å²) in [5.41, 5.74) is 0. The number of carbonyl (C=O) groups is 2. The van der Waals surface area contributed by atoms with Gasteiger partial charge in [-0.05, 0) is 12.8 Å². The average molecular weight is 287 g/mol. The molecule has 4 unspecified atom stereocenters. The fourth-order valence-electron chi connectivity index (χ4n) is 2.93. The summed E-state index contributed by atoms with van der Waals surface area (Å²) in [6, 6.07) is 0. The molecule has 0 aromatic carbocycles. The second-order valence-electron chi connectivity index (χ2n) is 5.08. The molecule has 2 bridgehead atoms. The summed E-state index contributed by atoms with van der Waals surface area (Å²) in [5.74, 6) is -2.50. The van der Waals surface area contributed by atoms with Crippen LogP contribution in [0.3, 0.4) is 0 Å². The predicted molar refractivity (Wildman–Crippen MR) is 68.2 cm³/mol. The van der Waals surface area contributed by atoms with E-state index in [0.717, 1.165) is 12.8 Å². The number of nitrogens with one attached hydrogen (secondary N) is 1. The fourth-order valence-corrected chi connectivity index (χ4v) is 2.93. The number of aliphatic carboxylic acids is 1. The van der Waals surface area contributed by atoms with Gasteiger partial charge in [0.25, 0.3) is 0 Å². The highest BCUT2D eigenvalue weighted by Crippen LogP contribution is 2.43. The third-order valence-electron chi connectivity index (χ3n) is 3.84. The van der Waals surface area contributed by atoms with Crippen LogP contribution in [0.15, 0.2) is 0 Å². The second kappa shape index (κ2) is 7.01. The number of methoxy groups -OCH3 is 1. The molecule has 0 saturated carbocycles. The Morgan fingerprint density at radius 2 is 1.90 bits per heavy atom. The van der Waals surface area contributed by atoms with Crippen molar-refractivity contribution in [3.05, 3.63) is 0 Å². The quantitative estimate of drug-likeness (QED) is 0.592. The maximum atomic E-state index is 12.1. The van der Waals surface area contributed by atoms with Crippen LogP contribution in [0.2, 0.25) is 0 Å². The monoisotopic (exact) mass is 287 g/mol. The summed E-state index contributed by atoms with van der Waals surface area (Å²) in [6.45, 7) is 1.73. The highest BCUT2D eigenvalue weighted by molar-refractivity contribution is 5.86. The number of amides is 1. The number of fused-ring (bicyclic) bond motifs is 2. The van der Waals surface area contributed by atoms with Crippen molar-refractivity contribution in [3.63, 3.8) is 0 Å². The SMILES string of the molecule is COCCOCCNC(=O)C1C2CCC(O2)C1C(=O)O. The number of carboxylic acid groups (broad SMARTS) is 1. The predicted octanol–water partition coefficient (Wildman–Crippen LogP) is -0.356. The standard InChI is InChI=1S/C13H21NO6/c1-18-6-7-19-5-4-14-12(15)10-8-2-3-9(20-8)11(10)13(16)17/h8-11H,2-7H2,1H3,(H,14,15)(H,16,17). The van der Waals surface area contributed by atoms with E-state index >= 15 is 0 Å². The second-order valence-corrected chi connectivity index (χ2v) is 5.08. The lowest BCUT2D eigenvalue weighted by atomic mass is 9.79. The topological polar surface area (TPSA) is 94.1 Å². The molecule has 1 amide bonds. The third-order valence-corrected chi connectivity index (χ3v) is 3.84. The molecule has 0 aromatic rings. The van der Waals surface area contributed by atoms with Crippen LogP contribution in [0.5, 0.6) is 0 Å². The minimum Gasteiger partial charge on any atom is -0.481 e. The van der Waals surface area contributed by atoms with Crippen molar-refractivity contribution in [2.75, 3.05) is 33.5 Å². The Bertz CT molecular complexity index is 361. The van der Waals surface area contributed by atoms with Gasteiger partial charge >= 0.3 is 5.97 Å². The largest absolute Gasteiger partial charge is 0.481 e. The van der Waals surface area contributed by atoms with Crippen molar-refractivity contribution >= 4 is 11.9 Å². The first kappa shape index (κ1) is 15.2. The molecule has 2 N–H and O–H groups in total. The Balaban J connectivity index is 1.75. The van der Waals surface area contributed by atoms with E-state index in [9.17, 15) is 14.7 Å². The zero-order chi connectivity index (χ0) is 14.5. The number of ether oxygens (including phenoxy) is 3. The van der Waals surface area contributed by atoms with E-state index in [2.05, 4.69) is 5.32 Å². The summed E-state index contributed by atoms with van der Waals surface area (Å²) in [7, 11) is 1.59. The Labute approximate surface area is 117 Å². The molecule has 2 aliphatic heterocycles. The molecule has 0 aromatic heterocycles. The summed E-state index contributed by atoms with van der Waals surface area (Å²) < 4.78 is 15.6. The van der Waals surface area contributed by atoms with Gasteiger partial charge in [0.15, 0.2) is 0 Å². The lowest BCUT2D eigenvalue weighted by Crippen LogP contribution is -2.44. The van der Waals surface area contributed by atoms with Crippen LogP contribution in [0, 0.1) is 11.8 Å². The van der Waals surface area contributed by atoms with Crippen LogP contribution in [0.1, 0.15) is 12.8 Å². The first-order valence-electron chi connectivity index (χ1n) is 6.87. The van der Waals surface area contributed by atoms with Crippen molar-refractivity contribution in [2.45, 2.75) is 25.0 Å². The minimum atomic E-state index is -0.950. The Kier molecular flexibility index (Phi) is 5.33. The third kappa shape index (κ3) is 3.28. The smallest absolute Gasteiger partial charge is 0.310 e. The van der Waals surface area contributed by atoms with E-state index < -0.39 is 17.8 Å². The van der Waals surface area contributed by atoms with Crippen molar-refractivity contribution < 1.29 is 28.9 Å². The number of carbonyl (C=O) groups excluding carboxylic acids is 1. The maximum Gasteiger partial charge on any atom is 0.310 e. The molecule has 114 valence electrons. The van der Waals surface area contributed by atoms with Gasteiger partial charge in [0.05, 0.1) is 43.9 Å². The number of rotatable bonds is 8. The van der Waals surface area contributed by atoms with Crippen molar-refractivity contribution in [1.29, 1.82) is 0 Å². The Morgan fingerprint density at radius 3 is 2.55 bits per heavy atom. The van der Waals surface area contributed by atoms with E-state index in [1.165, 1.54) is 0 Å². The molecule has 7 heteroatoms. The first-order valence-corrected chi connectivity index (χ1v) is 6.87. The van der Waals surface area contributed by atoms with Gasteiger partial charge in [-0.3, -0.25) is 9.59 Å². The number of hydrogen-bond donors (Lipinski definition) is 2. The van der Waals surface area contributed by atoms with Gasteiger partial charge in [-0.1, -0.05) is 0 Å². The van der Waals surface area contributed by atoms with Crippen molar-refractivity contribution in [2.24, 2.45) is 11.8 Å². The molecular formula is C13H21NO6. The Morgan fingerprint density at radius 1 is 1.20 bits per heavy atom. The lowest BCUT2D eigenvalue weighted by molar-refractivity contribution is -0.147. The summed E-state index contributed by atoms with van der Waals surface area (Å²) >= 11 is 0.